The molecule has 2 atom stereocenters. The van der Waals surface area contributed by atoms with E-state index in [1.807, 2.05) is 6.92 Å². The Morgan fingerprint density at radius 1 is 1.29 bits per heavy atom. The Bertz CT molecular complexity index is 584. The Balaban J connectivity index is 2.13. The second kappa shape index (κ2) is 6.84. The number of carbonyl (C=O) groups is 1. The predicted octanol–water partition coefficient (Wildman–Crippen LogP) is 5.01. The van der Waals surface area contributed by atoms with E-state index in [4.69, 9.17) is 8.92 Å². The van der Waals surface area contributed by atoms with Crippen molar-refractivity contribution in [1.82, 2.24) is 4.31 Å². The Hall–Kier alpha value is -1.41. The number of ether oxygens (including phenoxy) is 1. The highest BCUT2D eigenvalue weighted by molar-refractivity contribution is 7.93. The molecule has 4 nitrogen and oxygen atoms in total. The molecule has 2 rings (SSSR count). The smallest absolute Gasteiger partial charge is 0.422 e. The van der Waals surface area contributed by atoms with Crippen molar-refractivity contribution in [3.8, 4) is 0 Å². The third kappa shape index (κ3) is 4.57. The van der Waals surface area contributed by atoms with Gasteiger partial charge in [-0.1, -0.05) is 19.1 Å². The molecule has 1 aliphatic heterocycles. The molecular formula is C16H20F3NO3S. The zero-order valence-corrected chi connectivity index (χ0v) is 14.7. The van der Waals surface area contributed by atoms with Crippen LogP contribution in [0.5, 0.6) is 0 Å². The van der Waals surface area contributed by atoms with Gasteiger partial charge in [-0.2, -0.15) is 13.2 Å². The van der Waals surface area contributed by atoms with Crippen LogP contribution >= 0.6 is 12.2 Å². The van der Waals surface area contributed by atoms with Gasteiger partial charge in [0.25, 0.3) is 0 Å². The zero-order valence-electron chi connectivity index (χ0n) is 13.9. The molecule has 134 valence electrons. The Morgan fingerprint density at radius 2 is 1.88 bits per heavy atom. The monoisotopic (exact) mass is 363 g/mol. The van der Waals surface area contributed by atoms with E-state index in [1.165, 1.54) is 16.4 Å². The number of hydrogen-bond acceptors (Lipinski definition) is 4. The summed E-state index contributed by atoms with van der Waals surface area (Å²) in [6.07, 6.45) is -4.88. The van der Waals surface area contributed by atoms with Gasteiger partial charge in [0.15, 0.2) is 0 Å². The fourth-order valence-corrected chi connectivity index (χ4v) is 3.06. The molecule has 0 spiro atoms. The number of carbonyl (C=O) groups excluding carboxylic acids is 1. The Kier molecular flexibility index (Phi) is 5.39. The molecule has 1 fully saturated rings. The van der Waals surface area contributed by atoms with Gasteiger partial charge in [0, 0.05) is 5.92 Å². The summed E-state index contributed by atoms with van der Waals surface area (Å²) in [6, 6.07) is 4.65. The molecule has 0 radical (unpaired) electrons. The van der Waals surface area contributed by atoms with Crippen LogP contribution in [0.25, 0.3) is 0 Å². The lowest BCUT2D eigenvalue weighted by atomic mass is 9.93. The number of amides is 1. The van der Waals surface area contributed by atoms with Crippen molar-refractivity contribution in [1.29, 1.82) is 0 Å². The summed E-state index contributed by atoms with van der Waals surface area (Å²) in [5.41, 5.74) is -0.630. The minimum Gasteiger partial charge on any atom is -0.443 e. The van der Waals surface area contributed by atoms with Crippen molar-refractivity contribution < 1.29 is 26.9 Å². The largest absolute Gasteiger partial charge is 0.443 e. The molecule has 1 heterocycles. The molecule has 0 saturated carbocycles. The second-order valence-corrected chi connectivity index (χ2v) is 7.42. The molecule has 1 amide bonds. The third-order valence-electron chi connectivity index (χ3n) is 3.59. The van der Waals surface area contributed by atoms with E-state index in [0.29, 0.717) is 5.56 Å². The number of halogens is 3. The first kappa shape index (κ1) is 18.9. The van der Waals surface area contributed by atoms with Crippen molar-refractivity contribution in [2.24, 2.45) is 0 Å². The van der Waals surface area contributed by atoms with Gasteiger partial charge in [-0.15, -0.1) is 0 Å². The van der Waals surface area contributed by atoms with Crippen molar-refractivity contribution in [2.45, 2.75) is 51.4 Å². The summed E-state index contributed by atoms with van der Waals surface area (Å²) in [5, 5.41) is 0. The van der Waals surface area contributed by atoms with Crippen molar-refractivity contribution in [2.75, 3.05) is 6.61 Å². The van der Waals surface area contributed by atoms with Gasteiger partial charge in [-0.05, 0) is 38.5 Å². The average Bonchev–Trinajstić information content (AvgIpc) is 2.93. The number of nitrogens with zero attached hydrogens (tertiary/aromatic N) is 1. The normalized spacial score (nSPS) is 20.1. The molecule has 0 bridgehead atoms. The SMILES string of the molecule is C[C@@H](c1ccc(C(F)(F)F)cc1)C1COSN1C(=O)OC(C)(C)C. The zero-order chi connectivity index (χ0) is 18.1. The van der Waals surface area contributed by atoms with E-state index in [9.17, 15) is 18.0 Å². The second-order valence-electron chi connectivity index (χ2n) is 6.64. The summed E-state index contributed by atoms with van der Waals surface area (Å²) in [4.78, 5) is 12.2. The van der Waals surface area contributed by atoms with Gasteiger partial charge in [-0.3, -0.25) is 4.18 Å². The summed E-state index contributed by atoms with van der Waals surface area (Å²) in [6.45, 7) is 7.42. The van der Waals surface area contributed by atoms with Crippen LogP contribution in [0.1, 0.15) is 44.7 Å². The van der Waals surface area contributed by atoms with E-state index in [0.717, 1.165) is 24.4 Å². The highest BCUT2D eigenvalue weighted by atomic mass is 32.2. The summed E-state index contributed by atoms with van der Waals surface area (Å²) in [7, 11) is 0. The van der Waals surface area contributed by atoms with E-state index >= 15 is 0 Å². The van der Waals surface area contributed by atoms with Crippen molar-refractivity contribution in [3.63, 3.8) is 0 Å². The minimum absolute atomic E-state index is 0.199. The van der Waals surface area contributed by atoms with Crippen LogP contribution in [0.4, 0.5) is 18.0 Å². The van der Waals surface area contributed by atoms with Crippen LogP contribution in [0.3, 0.4) is 0 Å². The molecule has 1 aromatic carbocycles. The first-order valence-corrected chi connectivity index (χ1v) is 8.18. The van der Waals surface area contributed by atoms with E-state index in [2.05, 4.69) is 0 Å². The topological polar surface area (TPSA) is 38.8 Å². The number of hydrogen-bond donors (Lipinski definition) is 0. The van der Waals surface area contributed by atoms with Crippen LogP contribution < -0.4 is 0 Å². The number of benzene rings is 1. The van der Waals surface area contributed by atoms with Gasteiger partial charge in [0.05, 0.1) is 18.2 Å². The van der Waals surface area contributed by atoms with Gasteiger partial charge in [0.1, 0.15) is 17.8 Å². The van der Waals surface area contributed by atoms with E-state index < -0.39 is 23.4 Å². The van der Waals surface area contributed by atoms with Gasteiger partial charge < -0.3 is 4.74 Å². The standard InChI is InChI=1S/C16H20F3NO3S/c1-10(11-5-7-12(8-6-11)16(17,18)19)13-9-22-24-20(13)14(21)23-15(2,3)4/h5-8,10,13H,9H2,1-4H3/t10-,13?/m0/s1. The molecule has 1 aliphatic rings. The number of rotatable bonds is 2. The third-order valence-corrected chi connectivity index (χ3v) is 4.41. The average molecular weight is 363 g/mol. The maximum absolute atomic E-state index is 12.7. The molecule has 0 aromatic heterocycles. The minimum atomic E-state index is -4.36. The fraction of sp³-hybridized carbons (Fsp3) is 0.562. The predicted molar refractivity (Wildman–Crippen MR) is 85.3 cm³/mol. The highest BCUT2D eigenvalue weighted by Crippen LogP contribution is 2.36. The quantitative estimate of drug-likeness (QED) is 0.547. The highest BCUT2D eigenvalue weighted by Gasteiger charge is 2.39. The molecule has 8 heteroatoms. The van der Waals surface area contributed by atoms with Crippen LogP contribution in [0.2, 0.25) is 0 Å². The van der Waals surface area contributed by atoms with Crippen molar-refractivity contribution in [3.05, 3.63) is 35.4 Å². The lowest BCUT2D eigenvalue weighted by Gasteiger charge is -2.29. The van der Waals surface area contributed by atoms with E-state index in [1.54, 1.807) is 20.8 Å². The van der Waals surface area contributed by atoms with E-state index in [-0.39, 0.29) is 18.6 Å². The van der Waals surface area contributed by atoms with Crippen LogP contribution in [0, 0.1) is 0 Å². The first-order chi connectivity index (χ1) is 11.0. The lowest BCUT2D eigenvalue weighted by molar-refractivity contribution is -0.137. The Morgan fingerprint density at radius 3 is 2.38 bits per heavy atom. The summed E-state index contributed by atoms with van der Waals surface area (Å²) < 4.78 is 50.0. The molecule has 1 aromatic rings. The van der Waals surface area contributed by atoms with Gasteiger partial charge in [-0.25, -0.2) is 9.10 Å². The molecule has 24 heavy (non-hydrogen) atoms. The number of alkyl halides is 3. The molecular weight excluding hydrogens is 343 g/mol. The molecule has 1 unspecified atom stereocenters. The van der Waals surface area contributed by atoms with Gasteiger partial charge >= 0.3 is 12.3 Å². The van der Waals surface area contributed by atoms with Gasteiger partial charge in [0.2, 0.25) is 0 Å². The summed E-state index contributed by atoms with van der Waals surface area (Å²) >= 11 is 0.908. The Labute approximate surface area is 143 Å². The first-order valence-electron chi connectivity index (χ1n) is 7.48. The van der Waals surface area contributed by atoms with Crippen LogP contribution in [0.15, 0.2) is 24.3 Å². The maximum atomic E-state index is 12.7. The summed E-state index contributed by atoms with van der Waals surface area (Å²) in [5.74, 6) is -0.199. The maximum Gasteiger partial charge on any atom is 0.422 e. The fourth-order valence-electron chi connectivity index (χ4n) is 2.30. The van der Waals surface area contributed by atoms with Crippen molar-refractivity contribution >= 4 is 18.3 Å². The lowest BCUT2D eigenvalue weighted by Crippen LogP contribution is -2.39. The van der Waals surface area contributed by atoms with Crippen LogP contribution in [-0.2, 0) is 15.1 Å². The van der Waals surface area contributed by atoms with Crippen LogP contribution in [-0.4, -0.2) is 28.6 Å². The molecule has 1 saturated heterocycles. The molecule has 0 aliphatic carbocycles. The molecule has 0 N–H and O–H groups in total.